The summed E-state index contributed by atoms with van der Waals surface area (Å²) in [5.74, 6) is -0.532. The number of aromatic nitrogens is 1. The minimum Gasteiger partial charge on any atom is -0.461 e. The molecule has 0 aliphatic heterocycles. The zero-order valence-electron chi connectivity index (χ0n) is 10.4. The Morgan fingerprint density at radius 1 is 1.30 bits per heavy atom. The summed E-state index contributed by atoms with van der Waals surface area (Å²) in [6.45, 7) is 1.93. The first-order valence-electron chi connectivity index (χ1n) is 5.72. The van der Waals surface area contributed by atoms with Crippen molar-refractivity contribution in [3.05, 3.63) is 40.2 Å². The van der Waals surface area contributed by atoms with Crippen LogP contribution < -0.4 is 0 Å². The average molecular weight is 301 g/mol. The fourth-order valence-electron chi connectivity index (χ4n) is 1.52. The molecule has 0 unspecified atom stereocenters. The first-order chi connectivity index (χ1) is 9.41. The second kappa shape index (κ2) is 5.62. The molecule has 2 aromatic rings. The van der Waals surface area contributed by atoms with Crippen molar-refractivity contribution in [3.63, 3.8) is 0 Å². The summed E-state index contributed by atoms with van der Waals surface area (Å²) in [6, 6.07) is 4.62. The van der Waals surface area contributed by atoms with Crippen LogP contribution in [0.15, 0.2) is 29.6 Å². The smallest absolute Gasteiger partial charge is 0.416 e. The lowest BCUT2D eigenvalue weighted by Gasteiger charge is -2.06. The molecule has 1 heterocycles. The summed E-state index contributed by atoms with van der Waals surface area (Å²) in [7, 11) is 0. The summed E-state index contributed by atoms with van der Waals surface area (Å²) in [5.41, 5.74) is 0.249. The van der Waals surface area contributed by atoms with Crippen LogP contribution >= 0.6 is 11.3 Å². The van der Waals surface area contributed by atoms with E-state index in [-0.39, 0.29) is 11.6 Å². The second-order valence-electron chi connectivity index (χ2n) is 3.83. The quantitative estimate of drug-likeness (QED) is 0.804. The normalized spacial score (nSPS) is 11.4. The molecule has 0 fully saturated rings. The third-order valence-electron chi connectivity index (χ3n) is 2.46. The number of esters is 1. The topological polar surface area (TPSA) is 39.2 Å². The molecule has 2 rings (SSSR count). The molecule has 1 aromatic heterocycles. The minimum absolute atomic E-state index is 0.182. The van der Waals surface area contributed by atoms with Gasteiger partial charge in [0.2, 0.25) is 5.01 Å². The number of nitrogens with zero attached hydrogens (tertiary/aromatic N) is 1. The van der Waals surface area contributed by atoms with Crippen LogP contribution in [0, 0.1) is 0 Å². The van der Waals surface area contributed by atoms with Gasteiger partial charge in [0.05, 0.1) is 17.9 Å². The Bertz CT molecular complexity index is 605. The van der Waals surface area contributed by atoms with Crippen LogP contribution in [0.3, 0.4) is 0 Å². The zero-order chi connectivity index (χ0) is 14.8. The van der Waals surface area contributed by atoms with E-state index in [9.17, 15) is 18.0 Å². The molecule has 0 radical (unpaired) electrons. The lowest BCUT2D eigenvalue weighted by Crippen LogP contribution is -2.04. The van der Waals surface area contributed by atoms with Gasteiger partial charge in [0.15, 0.2) is 0 Å². The van der Waals surface area contributed by atoms with E-state index in [1.165, 1.54) is 12.1 Å². The van der Waals surface area contributed by atoms with Crippen molar-refractivity contribution in [2.75, 3.05) is 6.61 Å². The van der Waals surface area contributed by atoms with Crippen molar-refractivity contribution in [1.29, 1.82) is 0 Å². The van der Waals surface area contributed by atoms with E-state index in [2.05, 4.69) is 4.98 Å². The van der Waals surface area contributed by atoms with Gasteiger partial charge in [-0.25, -0.2) is 9.78 Å². The molecule has 0 amide bonds. The van der Waals surface area contributed by atoms with Gasteiger partial charge in [-0.1, -0.05) is 12.1 Å². The van der Waals surface area contributed by atoms with E-state index in [1.54, 1.807) is 12.3 Å². The fraction of sp³-hybridized carbons (Fsp3) is 0.231. The van der Waals surface area contributed by atoms with Crippen molar-refractivity contribution in [2.24, 2.45) is 0 Å². The van der Waals surface area contributed by atoms with Crippen LogP contribution in [0.25, 0.3) is 11.3 Å². The molecule has 3 nitrogen and oxygen atoms in total. The predicted octanol–water partition coefficient (Wildman–Crippen LogP) is 4.01. The number of carbonyl (C=O) groups excluding carboxylic acids is 1. The molecular weight excluding hydrogens is 291 g/mol. The van der Waals surface area contributed by atoms with E-state index < -0.39 is 17.7 Å². The number of hydrogen-bond acceptors (Lipinski definition) is 4. The van der Waals surface area contributed by atoms with Gasteiger partial charge in [-0.05, 0) is 19.1 Å². The Morgan fingerprint density at radius 3 is 2.50 bits per heavy atom. The third-order valence-corrected chi connectivity index (χ3v) is 3.28. The highest BCUT2D eigenvalue weighted by Crippen LogP contribution is 2.31. The molecule has 106 valence electrons. The van der Waals surface area contributed by atoms with Crippen LogP contribution in [-0.2, 0) is 10.9 Å². The monoisotopic (exact) mass is 301 g/mol. The number of halogens is 3. The Labute approximate surface area is 117 Å². The molecule has 0 saturated heterocycles. The maximum Gasteiger partial charge on any atom is 0.416 e. The molecule has 0 bridgehead atoms. The van der Waals surface area contributed by atoms with Gasteiger partial charge in [-0.15, -0.1) is 11.3 Å². The van der Waals surface area contributed by atoms with Crippen LogP contribution in [0.1, 0.15) is 22.3 Å². The van der Waals surface area contributed by atoms with Gasteiger partial charge < -0.3 is 4.74 Å². The summed E-state index contributed by atoms with van der Waals surface area (Å²) in [6.07, 6.45) is -4.36. The molecule has 0 N–H and O–H groups in total. The molecule has 20 heavy (non-hydrogen) atoms. The molecule has 0 aliphatic rings. The summed E-state index contributed by atoms with van der Waals surface area (Å²) in [4.78, 5) is 15.5. The zero-order valence-corrected chi connectivity index (χ0v) is 11.2. The number of hydrogen-bond donors (Lipinski definition) is 0. The molecule has 0 saturated carbocycles. The van der Waals surface area contributed by atoms with Gasteiger partial charge in [0.25, 0.3) is 0 Å². The minimum atomic E-state index is -4.36. The lowest BCUT2D eigenvalue weighted by atomic mass is 10.1. The van der Waals surface area contributed by atoms with Crippen molar-refractivity contribution < 1.29 is 22.7 Å². The van der Waals surface area contributed by atoms with E-state index in [4.69, 9.17) is 4.74 Å². The van der Waals surface area contributed by atoms with Crippen molar-refractivity contribution in [3.8, 4) is 11.3 Å². The first-order valence-corrected chi connectivity index (χ1v) is 6.60. The molecule has 0 atom stereocenters. The number of thiazole rings is 1. The molecule has 7 heteroatoms. The number of rotatable bonds is 3. The van der Waals surface area contributed by atoms with Crippen LogP contribution in [-0.4, -0.2) is 17.6 Å². The van der Waals surface area contributed by atoms with Gasteiger partial charge in [0.1, 0.15) is 0 Å². The highest BCUT2D eigenvalue weighted by atomic mass is 32.1. The highest BCUT2D eigenvalue weighted by Gasteiger charge is 2.30. The van der Waals surface area contributed by atoms with E-state index in [0.717, 1.165) is 23.5 Å². The second-order valence-corrected chi connectivity index (χ2v) is 4.69. The Morgan fingerprint density at radius 2 is 1.95 bits per heavy atom. The molecular formula is C13H10F3NO2S. The SMILES string of the molecule is CCOC(=O)c1nc(-c2ccc(C(F)(F)F)cc2)cs1. The molecule has 0 spiro atoms. The lowest BCUT2D eigenvalue weighted by molar-refractivity contribution is -0.137. The molecule has 0 aliphatic carbocycles. The fourth-order valence-corrected chi connectivity index (χ4v) is 2.24. The largest absolute Gasteiger partial charge is 0.461 e. The van der Waals surface area contributed by atoms with Gasteiger partial charge in [-0.2, -0.15) is 13.2 Å². The van der Waals surface area contributed by atoms with E-state index in [1.807, 2.05) is 0 Å². The Hall–Kier alpha value is -1.89. The van der Waals surface area contributed by atoms with E-state index in [0.29, 0.717) is 11.3 Å². The highest BCUT2D eigenvalue weighted by molar-refractivity contribution is 7.11. The number of carbonyl (C=O) groups is 1. The van der Waals surface area contributed by atoms with Gasteiger partial charge in [0, 0.05) is 10.9 Å². The Kier molecular flexibility index (Phi) is 4.08. The van der Waals surface area contributed by atoms with Crippen molar-refractivity contribution in [2.45, 2.75) is 13.1 Å². The van der Waals surface area contributed by atoms with E-state index >= 15 is 0 Å². The number of benzene rings is 1. The summed E-state index contributed by atoms with van der Waals surface area (Å²) >= 11 is 1.09. The third kappa shape index (κ3) is 3.16. The standard InChI is InChI=1S/C13H10F3NO2S/c1-2-19-12(18)11-17-10(7-20-11)8-3-5-9(6-4-8)13(14,15)16/h3-7H,2H2,1H3. The molecule has 1 aromatic carbocycles. The maximum absolute atomic E-state index is 12.4. The van der Waals surface area contributed by atoms with Gasteiger partial charge >= 0.3 is 12.1 Å². The van der Waals surface area contributed by atoms with Crippen LogP contribution in [0.5, 0.6) is 0 Å². The van der Waals surface area contributed by atoms with Crippen molar-refractivity contribution >= 4 is 17.3 Å². The predicted molar refractivity (Wildman–Crippen MR) is 68.5 cm³/mol. The summed E-state index contributed by atoms with van der Waals surface area (Å²) in [5, 5.41) is 1.79. The van der Waals surface area contributed by atoms with Crippen LogP contribution in [0.4, 0.5) is 13.2 Å². The first kappa shape index (κ1) is 14.5. The average Bonchev–Trinajstić information content (AvgIpc) is 2.88. The van der Waals surface area contributed by atoms with Crippen LogP contribution in [0.2, 0.25) is 0 Å². The number of alkyl halides is 3. The summed E-state index contributed by atoms with van der Waals surface area (Å²) < 4.78 is 42.1. The maximum atomic E-state index is 12.4. The number of ether oxygens (including phenoxy) is 1. The van der Waals surface area contributed by atoms with Gasteiger partial charge in [-0.3, -0.25) is 0 Å². The Balaban J connectivity index is 2.22. The van der Waals surface area contributed by atoms with Crippen molar-refractivity contribution in [1.82, 2.24) is 4.98 Å².